The van der Waals surface area contributed by atoms with Gasteiger partial charge < -0.3 is 19.8 Å². The van der Waals surface area contributed by atoms with Gasteiger partial charge in [-0.1, -0.05) is 7.43 Å². The van der Waals surface area contributed by atoms with E-state index < -0.39 is 0 Å². The van der Waals surface area contributed by atoms with Crippen LogP contribution in [0.5, 0.6) is 5.75 Å². The standard InChI is InChI=1S/C9H10O3.C6H13NO2.CH4/c1-2-12-9(11)7-3-5-8(10)6-4-7;1-9-7-4-2-3-6(7)5-8;/h3-6,10H,2H2,1H3;6,8H,2-5H2,1H3;1H4. The van der Waals surface area contributed by atoms with Crippen molar-refractivity contribution in [1.29, 1.82) is 0 Å². The van der Waals surface area contributed by atoms with E-state index >= 15 is 0 Å². The van der Waals surface area contributed by atoms with Gasteiger partial charge in [0.25, 0.3) is 0 Å². The molecule has 1 atom stereocenters. The number of hydroxylamine groups is 2. The second-order valence-corrected chi connectivity index (χ2v) is 4.57. The number of rotatable bonds is 4. The molecule has 6 heteroatoms. The summed E-state index contributed by atoms with van der Waals surface area (Å²) in [5.41, 5.74) is 0.453. The molecule has 1 saturated heterocycles. The molecule has 6 nitrogen and oxygen atoms in total. The van der Waals surface area contributed by atoms with E-state index in [1.165, 1.54) is 24.3 Å². The van der Waals surface area contributed by atoms with Crippen LogP contribution in [0.2, 0.25) is 0 Å². The first-order chi connectivity index (χ1) is 10.1. The molecule has 1 aliphatic heterocycles. The molecule has 126 valence electrons. The van der Waals surface area contributed by atoms with Gasteiger partial charge in [-0.2, -0.15) is 5.06 Å². The fraction of sp³-hybridized carbons (Fsp3) is 0.562. The average Bonchev–Trinajstić information content (AvgIpc) is 2.96. The number of carbonyl (C=O) groups excluding carboxylic acids is 1. The van der Waals surface area contributed by atoms with E-state index in [0.717, 1.165) is 19.4 Å². The van der Waals surface area contributed by atoms with Crippen LogP contribution in [0.15, 0.2) is 24.3 Å². The molecule has 1 unspecified atom stereocenters. The molecule has 2 N–H and O–H groups in total. The van der Waals surface area contributed by atoms with Gasteiger partial charge in [0.05, 0.1) is 31.9 Å². The molecule has 1 heterocycles. The summed E-state index contributed by atoms with van der Waals surface area (Å²) < 4.78 is 4.75. The van der Waals surface area contributed by atoms with Crippen LogP contribution in [-0.2, 0) is 9.57 Å². The van der Waals surface area contributed by atoms with Crippen molar-refractivity contribution >= 4 is 5.97 Å². The van der Waals surface area contributed by atoms with Gasteiger partial charge in [-0.05, 0) is 44.0 Å². The Balaban J connectivity index is 0.000000397. The number of ether oxygens (including phenoxy) is 1. The number of carbonyl (C=O) groups is 1. The summed E-state index contributed by atoms with van der Waals surface area (Å²) >= 11 is 0. The van der Waals surface area contributed by atoms with Gasteiger partial charge in [0.1, 0.15) is 5.75 Å². The van der Waals surface area contributed by atoms with Gasteiger partial charge in [-0.3, -0.25) is 0 Å². The number of benzene rings is 1. The van der Waals surface area contributed by atoms with Gasteiger partial charge in [0.2, 0.25) is 0 Å². The van der Waals surface area contributed by atoms with Gasteiger partial charge in [-0.25, -0.2) is 4.79 Å². The molecule has 1 aliphatic rings. The number of phenolic OH excluding ortho intramolecular Hbond substituents is 1. The topological polar surface area (TPSA) is 79.2 Å². The second-order valence-electron chi connectivity index (χ2n) is 4.57. The first kappa shape index (κ1) is 20.4. The summed E-state index contributed by atoms with van der Waals surface area (Å²) in [6.45, 7) is 3.29. The summed E-state index contributed by atoms with van der Waals surface area (Å²) in [5.74, 6) is -0.222. The molecule has 2 rings (SSSR count). The molecule has 1 aromatic carbocycles. The van der Waals surface area contributed by atoms with Crippen molar-refractivity contribution in [3.63, 3.8) is 0 Å². The van der Waals surface area contributed by atoms with Gasteiger partial charge >= 0.3 is 5.97 Å². The Labute approximate surface area is 132 Å². The number of hydrogen-bond acceptors (Lipinski definition) is 6. The molecule has 0 bridgehead atoms. The smallest absolute Gasteiger partial charge is 0.338 e. The minimum absolute atomic E-state index is 0. The quantitative estimate of drug-likeness (QED) is 0.830. The van der Waals surface area contributed by atoms with Crippen molar-refractivity contribution in [2.45, 2.75) is 33.2 Å². The maximum absolute atomic E-state index is 11.1. The lowest BCUT2D eigenvalue weighted by Gasteiger charge is -2.18. The van der Waals surface area contributed by atoms with Crippen LogP contribution < -0.4 is 0 Å². The molecule has 0 saturated carbocycles. The van der Waals surface area contributed by atoms with Crippen LogP contribution >= 0.6 is 0 Å². The molecule has 0 spiro atoms. The average molecular weight is 313 g/mol. The van der Waals surface area contributed by atoms with E-state index in [2.05, 4.69) is 0 Å². The Bertz CT molecular complexity index is 411. The third kappa shape index (κ3) is 6.43. The first-order valence-corrected chi connectivity index (χ1v) is 7.00. The van der Waals surface area contributed by atoms with E-state index in [9.17, 15) is 4.79 Å². The largest absolute Gasteiger partial charge is 0.508 e. The Kier molecular flexibility index (Phi) is 10.2. The monoisotopic (exact) mass is 313 g/mol. The van der Waals surface area contributed by atoms with E-state index in [-0.39, 0.29) is 31.8 Å². The first-order valence-electron chi connectivity index (χ1n) is 7.00. The SMILES string of the molecule is C.CCOC(=O)c1ccc(O)cc1.CON1CCCC1CO. The molecule has 0 aromatic heterocycles. The third-order valence-corrected chi connectivity index (χ3v) is 3.15. The molecule has 22 heavy (non-hydrogen) atoms. The lowest BCUT2D eigenvalue weighted by molar-refractivity contribution is -0.149. The molecule has 0 aliphatic carbocycles. The molecule has 1 aromatic rings. The highest BCUT2D eigenvalue weighted by molar-refractivity contribution is 5.89. The number of esters is 1. The maximum atomic E-state index is 11.1. The fourth-order valence-electron chi connectivity index (χ4n) is 2.04. The summed E-state index contributed by atoms with van der Waals surface area (Å²) in [4.78, 5) is 16.0. The number of hydrogen-bond donors (Lipinski definition) is 2. The Morgan fingerprint density at radius 3 is 2.45 bits per heavy atom. The van der Waals surface area contributed by atoms with Crippen LogP contribution in [0.25, 0.3) is 0 Å². The van der Waals surface area contributed by atoms with Gasteiger partial charge in [0.15, 0.2) is 0 Å². The van der Waals surface area contributed by atoms with Crippen molar-refractivity contribution in [3.05, 3.63) is 29.8 Å². The van der Waals surface area contributed by atoms with Crippen molar-refractivity contribution in [1.82, 2.24) is 5.06 Å². The summed E-state index contributed by atoms with van der Waals surface area (Å²) in [6.07, 6.45) is 2.20. The van der Waals surface area contributed by atoms with E-state index in [0.29, 0.717) is 12.2 Å². The number of phenols is 1. The van der Waals surface area contributed by atoms with E-state index in [1.54, 1.807) is 14.0 Å². The van der Waals surface area contributed by atoms with E-state index in [1.807, 2.05) is 5.06 Å². The van der Waals surface area contributed by atoms with Gasteiger partial charge in [-0.15, -0.1) is 0 Å². The zero-order chi connectivity index (χ0) is 15.7. The van der Waals surface area contributed by atoms with Crippen LogP contribution in [0.4, 0.5) is 0 Å². The Morgan fingerprint density at radius 2 is 2.00 bits per heavy atom. The fourth-order valence-corrected chi connectivity index (χ4v) is 2.04. The minimum Gasteiger partial charge on any atom is -0.508 e. The highest BCUT2D eigenvalue weighted by Crippen LogP contribution is 2.15. The molecule has 0 radical (unpaired) electrons. The number of aliphatic hydroxyl groups is 1. The van der Waals surface area contributed by atoms with Crippen molar-refractivity contribution in [2.75, 3.05) is 26.9 Å². The van der Waals surface area contributed by atoms with Gasteiger partial charge in [0, 0.05) is 6.54 Å². The number of aliphatic hydroxyl groups excluding tert-OH is 1. The second kappa shape index (κ2) is 11.0. The molecular formula is C16H27NO5. The van der Waals surface area contributed by atoms with Crippen molar-refractivity contribution in [2.24, 2.45) is 0 Å². The lowest BCUT2D eigenvalue weighted by Crippen LogP contribution is -2.30. The number of aromatic hydroxyl groups is 1. The highest BCUT2D eigenvalue weighted by Gasteiger charge is 2.22. The third-order valence-electron chi connectivity index (χ3n) is 3.15. The Hall–Kier alpha value is -1.63. The van der Waals surface area contributed by atoms with Crippen LogP contribution in [0, 0.1) is 0 Å². The van der Waals surface area contributed by atoms with Crippen molar-refractivity contribution in [3.8, 4) is 5.75 Å². The highest BCUT2D eigenvalue weighted by atomic mass is 16.7. The number of nitrogens with zero attached hydrogens (tertiary/aromatic N) is 1. The molecular weight excluding hydrogens is 286 g/mol. The molecule has 1 fully saturated rings. The predicted octanol–water partition coefficient (Wildman–Crippen LogP) is 2.21. The van der Waals surface area contributed by atoms with Crippen LogP contribution in [0.3, 0.4) is 0 Å². The normalized spacial score (nSPS) is 17.1. The van der Waals surface area contributed by atoms with E-state index in [4.69, 9.17) is 19.8 Å². The summed E-state index contributed by atoms with van der Waals surface area (Å²) in [5, 5.41) is 19.5. The minimum atomic E-state index is -0.363. The lowest BCUT2D eigenvalue weighted by atomic mass is 10.2. The zero-order valence-electron chi connectivity index (χ0n) is 12.5. The Morgan fingerprint density at radius 1 is 1.36 bits per heavy atom. The predicted molar refractivity (Wildman–Crippen MR) is 84.6 cm³/mol. The maximum Gasteiger partial charge on any atom is 0.338 e. The van der Waals surface area contributed by atoms with Crippen LogP contribution in [-0.4, -0.2) is 54.2 Å². The van der Waals surface area contributed by atoms with Crippen LogP contribution in [0.1, 0.15) is 37.6 Å². The summed E-state index contributed by atoms with van der Waals surface area (Å²) in [7, 11) is 1.65. The zero-order valence-corrected chi connectivity index (χ0v) is 12.5. The van der Waals surface area contributed by atoms with Crippen molar-refractivity contribution < 1.29 is 24.6 Å². The molecule has 0 amide bonds. The summed E-state index contributed by atoms with van der Waals surface area (Å²) in [6, 6.07) is 6.19.